The fraction of sp³-hybridized carbons (Fsp3) is 0.583. The van der Waals surface area contributed by atoms with Crippen LogP contribution in [0.15, 0.2) is 46.1 Å². The van der Waals surface area contributed by atoms with E-state index in [4.69, 9.17) is 24.2 Å². The number of hydrogen-bond donors (Lipinski definition) is 4. The Balaban J connectivity index is 1.49. The summed E-state index contributed by atoms with van der Waals surface area (Å²) in [6, 6.07) is 0. The molecule has 5 bridgehead atoms. The minimum absolute atomic E-state index is 0.0185. The molecule has 1 fully saturated rings. The number of phenols is 2. The highest BCUT2D eigenvalue weighted by Crippen LogP contribution is 2.50. The van der Waals surface area contributed by atoms with Gasteiger partial charge >= 0.3 is 11.8 Å². The van der Waals surface area contributed by atoms with Crippen LogP contribution in [-0.4, -0.2) is 87.5 Å². The van der Waals surface area contributed by atoms with Crippen LogP contribution in [0.4, 0.5) is 5.69 Å². The summed E-state index contributed by atoms with van der Waals surface area (Å²) < 4.78 is 18.4. The average Bonchev–Trinajstić information content (AvgIpc) is 3.72. The van der Waals surface area contributed by atoms with Crippen molar-refractivity contribution in [3.63, 3.8) is 0 Å². The second kappa shape index (κ2) is 17.6. The largest absolute Gasteiger partial charge is 0.507 e. The predicted molar refractivity (Wildman–Crippen MR) is 234 cm³/mol. The van der Waals surface area contributed by atoms with E-state index >= 15 is 0 Å². The smallest absolute Gasteiger partial charge is 0.319 e. The Morgan fingerprint density at radius 2 is 1.71 bits per heavy atom. The number of carbonyl (C=O) groups is 4. The van der Waals surface area contributed by atoms with Gasteiger partial charge in [0.2, 0.25) is 0 Å². The number of likely N-dealkylation sites (tertiary alicyclic amines) is 1. The Hall–Kier alpha value is -5.08. The summed E-state index contributed by atoms with van der Waals surface area (Å²) in [6.07, 6.45) is 9.22. The third-order valence-electron chi connectivity index (χ3n) is 13.0. The first-order valence-corrected chi connectivity index (χ1v) is 21.9. The molecule has 4 unspecified atom stereocenters. The topological polar surface area (TPSA) is 197 Å². The van der Waals surface area contributed by atoms with E-state index in [0.717, 1.165) is 19.6 Å². The Bertz CT molecular complexity index is 2360. The highest BCUT2D eigenvalue weighted by molar-refractivity contribution is 6.19. The van der Waals surface area contributed by atoms with Crippen LogP contribution in [0.2, 0.25) is 0 Å². The highest BCUT2D eigenvalue weighted by atomic mass is 16.7. The maximum absolute atomic E-state index is 14.7. The molecule has 62 heavy (non-hydrogen) atoms. The van der Waals surface area contributed by atoms with E-state index in [-0.39, 0.29) is 67.6 Å². The monoisotopic (exact) mass is 856 g/mol. The van der Waals surface area contributed by atoms with Crippen molar-refractivity contribution < 1.29 is 48.7 Å². The SMILES string of the molecule is C/C1=C/C=C/C(C)C[C@@H](C)C(O)[C@@H](C)C(OC(=O)C(C)(C)C=O)[C@H](C)C/C=C/OC2(C)Oc3c(C)c(O)c4c(O)c(c5c(c4c3C2=O)=NC2(CCN(CC(C)C)CC2)N=5)NC1=O. The van der Waals surface area contributed by atoms with E-state index in [1.54, 1.807) is 32.1 Å². The molecule has 4 N–H and O–H groups in total. The lowest BCUT2D eigenvalue weighted by molar-refractivity contribution is -0.169. The van der Waals surface area contributed by atoms with Gasteiger partial charge in [0.25, 0.3) is 11.7 Å². The molecular formula is C48H64N4O10. The number of amides is 1. The first-order chi connectivity index (χ1) is 29.0. The molecule has 0 radical (unpaired) electrons. The van der Waals surface area contributed by atoms with Crippen molar-refractivity contribution in [3.8, 4) is 17.2 Å². The number of rotatable bonds is 5. The third kappa shape index (κ3) is 8.77. The molecule has 14 heteroatoms. The van der Waals surface area contributed by atoms with E-state index in [9.17, 15) is 34.5 Å². The number of Topliss-reactive ketones (excluding diaryl/α,β-unsaturated/α-hetero) is 1. The van der Waals surface area contributed by atoms with E-state index in [0.29, 0.717) is 43.5 Å². The van der Waals surface area contributed by atoms with Gasteiger partial charge in [0.15, 0.2) is 11.4 Å². The number of aliphatic hydroxyl groups excluding tert-OH is 1. The second-order valence-electron chi connectivity index (χ2n) is 19.3. The second-order valence-corrected chi connectivity index (χ2v) is 19.3. The van der Waals surface area contributed by atoms with Crippen LogP contribution in [0, 0.1) is 41.9 Å². The summed E-state index contributed by atoms with van der Waals surface area (Å²) in [7, 11) is 0. The number of benzene rings is 2. The molecule has 0 saturated carbocycles. The predicted octanol–water partition coefficient (Wildman–Crippen LogP) is 6.36. The molecule has 7 rings (SSSR count). The molecule has 5 aliphatic heterocycles. The Morgan fingerprint density at radius 1 is 1.05 bits per heavy atom. The van der Waals surface area contributed by atoms with Crippen molar-refractivity contribution in [2.45, 2.75) is 126 Å². The molecule has 2 aromatic rings. The molecule has 5 aliphatic rings. The Morgan fingerprint density at radius 3 is 2.35 bits per heavy atom. The van der Waals surface area contributed by atoms with Gasteiger partial charge in [-0.05, 0) is 70.3 Å². The number of aliphatic hydroxyl groups is 1. The molecule has 7 atom stereocenters. The molecule has 5 heterocycles. The van der Waals surface area contributed by atoms with Crippen LogP contribution in [-0.2, 0) is 23.9 Å². The number of ether oxygens (including phenoxy) is 3. The molecule has 0 aromatic heterocycles. The molecule has 1 spiro atoms. The van der Waals surface area contributed by atoms with Crippen molar-refractivity contribution in [1.29, 1.82) is 0 Å². The van der Waals surface area contributed by atoms with Crippen molar-refractivity contribution in [2.75, 3.05) is 25.0 Å². The maximum Gasteiger partial charge on any atom is 0.319 e. The van der Waals surface area contributed by atoms with Gasteiger partial charge in [0.05, 0.1) is 28.7 Å². The number of allylic oxidation sites excluding steroid dienone is 4. The first-order valence-electron chi connectivity index (χ1n) is 21.9. The van der Waals surface area contributed by atoms with Crippen LogP contribution in [0.25, 0.3) is 10.8 Å². The number of ketones is 1. The summed E-state index contributed by atoms with van der Waals surface area (Å²) in [4.78, 5) is 66.3. The summed E-state index contributed by atoms with van der Waals surface area (Å²) in [5.74, 6) is -5.15. The molecule has 1 saturated heterocycles. The van der Waals surface area contributed by atoms with Crippen molar-refractivity contribution in [2.24, 2.45) is 45.0 Å². The average molecular weight is 857 g/mol. The lowest BCUT2D eigenvalue weighted by Gasteiger charge is -2.36. The molecule has 14 nitrogen and oxygen atoms in total. The standard InChI is InChI=1S/C48H64N4O10/c1-25(2)23-52-19-17-48(18-20-52)50-35-32-33-39(55)31(8)42-34(32)43(57)47(11,62-42)60-21-13-16-27(4)41(61-45(59)46(9,10)24-53)30(7)38(54)29(6)22-26(3)14-12-15-28(5)44(58)49-37(40(33)56)36(35)51-48/h12-15,21,24-27,29-30,38,41,54-56H,16-20,22-23H2,1-11H3,(H,49,58)/b14-12+,21-13+,28-15-/t26?,27-,29-,30-,38?,41?,47?/m1/s1. The van der Waals surface area contributed by atoms with Crippen LogP contribution in [0.1, 0.15) is 111 Å². The van der Waals surface area contributed by atoms with Crippen LogP contribution in [0.3, 0.4) is 0 Å². The zero-order chi connectivity index (χ0) is 45.6. The molecule has 0 aliphatic carbocycles. The van der Waals surface area contributed by atoms with Crippen LogP contribution >= 0.6 is 0 Å². The number of piperidine rings is 1. The summed E-state index contributed by atoms with van der Waals surface area (Å²) in [6.45, 7) is 21.9. The number of carbonyl (C=O) groups excluding carboxylic acids is 4. The number of aldehydes is 1. The zero-order valence-corrected chi connectivity index (χ0v) is 38.0. The zero-order valence-electron chi connectivity index (χ0n) is 38.0. The van der Waals surface area contributed by atoms with Crippen LogP contribution in [0.5, 0.6) is 17.2 Å². The number of phenolic OH excluding ortho intramolecular Hbond substituents is 2. The third-order valence-corrected chi connectivity index (χ3v) is 13.0. The van der Waals surface area contributed by atoms with Crippen molar-refractivity contribution in [3.05, 3.63) is 58.0 Å². The van der Waals surface area contributed by atoms with E-state index < -0.39 is 58.4 Å². The number of hydrogen-bond acceptors (Lipinski definition) is 13. The van der Waals surface area contributed by atoms with Crippen molar-refractivity contribution >= 4 is 40.4 Å². The number of nitrogens with one attached hydrogen (secondary N) is 1. The van der Waals surface area contributed by atoms with Gasteiger partial charge in [-0.3, -0.25) is 24.4 Å². The molecule has 336 valence electrons. The summed E-state index contributed by atoms with van der Waals surface area (Å²) >= 11 is 0. The first kappa shape index (κ1) is 46.4. The number of aromatic hydroxyl groups is 2. The lowest BCUT2D eigenvalue weighted by atomic mass is 9.80. The highest BCUT2D eigenvalue weighted by Gasteiger charge is 2.50. The van der Waals surface area contributed by atoms with Gasteiger partial charge < -0.3 is 44.5 Å². The fourth-order valence-electron chi connectivity index (χ4n) is 9.12. The van der Waals surface area contributed by atoms with Gasteiger partial charge in [-0.1, -0.05) is 59.8 Å². The maximum atomic E-state index is 14.7. The Kier molecular flexibility index (Phi) is 13.2. The molecule has 1 amide bonds. The normalized spacial score (nSPS) is 30.1. The van der Waals surface area contributed by atoms with Gasteiger partial charge in [-0.15, -0.1) is 0 Å². The Labute approximate surface area is 363 Å². The van der Waals surface area contributed by atoms with Gasteiger partial charge in [0.1, 0.15) is 40.3 Å². The van der Waals surface area contributed by atoms with E-state index in [1.807, 2.05) is 33.8 Å². The lowest BCUT2D eigenvalue weighted by Crippen LogP contribution is -2.43. The van der Waals surface area contributed by atoms with Crippen molar-refractivity contribution in [1.82, 2.24) is 4.90 Å². The van der Waals surface area contributed by atoms with Gasteiger partial charge in [-0.25, -0.2) is 0 Å². The van der Waals surface area contributed by atoms with Crippen LogP contribution < -0.4 is 20.8 Å². The fourth-order valence-corrected chi connectivity index (χ4v) is 9.12. The van der Waals surface area contributed by atoms with Gasteiger partial charge in [-0.2, -0.15) is 0 Å². The number of esters is 1. The van der Waals surface area contributed by atoms with E-state index in [1.165, 1.54) is 27.0 Å². The number of nitrogens with zero attached hydrogens (tertiary/aromatic N) is 3. The minimum atomic E-state index is -1.91. The minimum Gasteiger partial charge on any atom is -0.507 e. The summed E-state index contributed by atoms with van der Waals surface area (Å²) in [5, 5.41) is 39.0. The molecular weight excluding hydrogens is 793 g/mol. The quantitative estimate of drug-likeness (QED) is 0.113. The number of anilines is 1. The van der Waals surface area contributed by atoms with E-state index in [2.05, 4.69) is 24.1 Å². The summed E-state index contributed by atoms with van der Waals surface area (Å²) in [5.41, 5.74) is -1.80. The van der Waals surface area contributed by atoms with Gasteiger partial charge in [0, 0.05) is 61.8 Å². The number of fused-ring (bicyclic) bond motifs is 13. The molecule has 2 aromatic carbocycles.